The lowest BCUT2D eigenvalue weighted by Gasteiger charge is -2.15. The highest BCUT2D eigenvalue weighted by atomic mass is 32.2. The summed E-state index contributed by atoms with van der Waals surface area (Å²) in [7, 11) is 0. The first-order valence-electron chi connectivity index (χ1n) is 9.27. The number of carbonyl (C=O) groups is 1. The Morgan fingerprint density at radius 1 is 1.17 bits per heavy atom. The molecule has 3 aromatic rings. The Bertz CT molecular complexity index is 983. The van der Waals surface area contributed by atoms with Gasteiger partial charge in [-0.2, -0.15) is 13.2 Å². The highest BCUT2D eigenvalue weighted by Crippen LogP contribution is 2.31. The second-order valence-electron chi connectivity index (χ2n) is 7.11. The first-order chi connectivity index (χ1) is 14.1. The molecule has 0 aliphatic heterocycles. The summed E-state index contributed by atoms with van der Waals surface area (Å²) < 4.78 is 45.3. The number of nitrogens with one attached hydrogen (secondary N) is 1. The van der Waals surface area contributed by atoms with Crippen molar-refractivity contribution in [2.45, 2.75) is 43.9 Å². The fourth-order valence-corrected chi connectivity index (χ4v) is 3.55. The molecule has 0 radical (unpaired) electrons. The number of nitrogens with zero attached hydrogens (tertiary/aromatic N) is 3. The third kappa shape index (κ3) is 5.24. The second kappa shape index (κ2) is 8.95. The van der Waals surface area contributed by atoms with Crippen molar-refractivity contribution in [1.82, 2.24) is 14.8 Å². The van der Waals surface area contributed by atoms with Gasteiger partial charge < -0.3 is 9.73 Å². The van der Waals surface area contributed by atoms with E-state index in [1.165, 1.54) is 23.9 Å². The van der Waals surface area contributed by atoms with Crippen LogP contribution in [0.5, 0.6) is 0 Å². The lowest BCUT2D eigenvalue weighted by molar-refractivity contribution is -0.137. The molecule has 3 rings (SSSR count). The van der Waals surface area contributed by atoms with Gasteiger partial charge in [0.05, 0.1) is 17.1 Å². The number of hydrogen-bond acceptors (Lipinski definition) is 5. The van der Waals surface area contributed by atoms with Gasteiger partial charge in [-0.15, -0.1) is 10.2 Å². The number of carbonyl (C=O) groups excluding carboxylic acids is 1. The minimum Gasteiger partial charge on any atom is -0.461 e. The molecule has 6 nitrogen and oxygen atoms in total. The van der Waals surface area contributed by atoms with Gasteiger partial charge in [0.15, 0.2) is 16.7 Å². The molecule has 1 unspecified atom stereocenters. The number of alkyl halides is 3. The van der Waals surface area contributed by atoms with Crippen molar-refractivity contribution in [3.05, 3.63) is 48.2 Å². The summed E-state index contributed by atoms with van der Waals surface area (Å²) >= 11 is 1.22. The number of halogens is 3. The maximum atomic E-state index is 12.7. The molecule has 0 bridgehead atoms. The van der Waals surface area contributed by atoms with Crippen molar-refractivity contribution in [2.24, 2.45) is 5.92 Å². The van der Waals surface area contributed by atoms with E-state index in [4.69, 9.17) is 4.42 Å². The summed E-state index contributed by atoms with van der Waals surface area (Å²) in [5.41, 5.74) is -0.476. The summed E-state index contributed by atoms with van der Waals surface area (Å²) in [6, 6.07) is 7.88. The number of hydrogen-bond donors (Lipinski definition) is 1. The largest absolute Gasteiger partial charge is 0.461 e. The zero-order valence-corrected chi connectivity index (χ0v) is 17.4. The van der Waals surface area contributed by atoms with Crippen molar-refractivity contribution >= 4 is 23.4 Å². The minimum absolute atomic E-state index is 0.292. The molecule has 2 heterocycles. The second-order valence-corrected chi connectivity index (χ2v) is 8.42. The van der Waals surface area contributed by atoms with E-state index in [1.54, 1.807) is 25.3 Å². The van der Waals surface area contributed by atoms with Gasteiger partial charge >= 0.3 is 6.18 Å². The van der Waals surface area contributed by atoms with E-state index in [2.05, 4.69) is 29.4 Å². The summed E-state index contributed by atoms with van der Waals surface area (Å²) in [5.74, 6) is 1.12. The first-order valence-corrected chi connectivity index (χ1v) is 10.1. The van der Waals surface area contributed by atoms with Crippen molar-refractivity contribution in [1.29, 1.82) is 0 Å². The average Bonchev–Trinajstić information content (AvgIpc) is 3.31. The molecule has 0 saturated carbocycles. The van der Waals surface area contributed by atoms with Crippen LogP contribution in [-0.2, 0) is 17.5 Å². The Morgan fingerprint density at radius 3 is 2.43 bits per heavy atom. The van der Waals surface area contributed by atoms with E-state index < -0.39 is 17.0 Å². The summed E-state index contributed by atoms with van der Waals surface area (Å²) in [6.45, 7) is 6.45. The van der Waals surface area contributed by atoms with Gasteiger partial charge in [-0.05, 0) is 49.2 Å². The van der Waals surface area contributed by atoms with Gasteiger partial charge in [-0.25, -0.2) is 0 Å². The van der Waals surface area contributed by atoms with E-state index in [9.17, 15) is 18.0 Å². The number of thioether (sulfide) groups is 1. The first kappa shape index (κ1) is 21.9. The molecule has 0 fully saturated rings. The monoisotopic (exact) mass is 438 g/mol. The Balaban J connectivity index is 1.72. The molecule has 30 heavy (non-hydrogen) atoms. The zero-order valence-electron chi connectivity index (χ0n) is 16.6. The van der Waals surface area contributed by atoms with E-state index >= 15 is 0 Å². The highest BCUT2D eigenvalue weighted by molar-refractivity contribution is 8.00. The van der Waals surface area contributed by atoms with Crippen LogP contribution in [0.15, 0.2) is 52.2 Å². The van der Waals surface area contributed by atoms with E-state index in [0.29, 0.717) is 34.9 Å². The Morgan fingerprint density at radius 2 is 1.87 bits per heavy atom. The topological polar surface area (TPSA) is 73.0 Å². The van der Waals surface area contributed by atoms with Gasteiger partial charge in [-0.3, -0.25) is 9.36 Å². The lowest BCUT2D eigenvalue weighted by Crippen LogP contribution is -2.23. The standard InChI is InChI=1S/C20H21F3N4O2S/c1-12(2)11-27-17(16-5-4-10-29-16)25-26-19(27)30-13(3)18(28)24-15-8-6-14(7-9-15)20(21,22)23/h4-10,12-13H,11H2,1-3H3,(H,24,28). The third-order valence-electron chi connectivity index (χ3n) is 4.14. The Kier molecular flexibility index (Phi) is 6.55. The van der Waals surface area contributed by atoms with Gasteiger partial charge in [-0.1, -0.05) is 25.6 Å². The molecule has 0 aliphatic rings. The third-order valence-corrected chi connectivity index (χ3v) is 5.22. The molecule has 160 valence electrons. The van der Waals surface area contributed by atoms with Crippen molar-refractivity contribution in [2.75, 3.05) is 5.32 Å². The number of rotatable bonds is 7. The normalized spacial score (nSPS) is 12.9. The maximum absolute atomic E-state index is 12.7. The molecule has 1 N–H and O–H groups in total. The summed E-state index contributed by atoms with van der Waals surface area (Å²) in [4.78, 5) is 12.5. The predicted octanol–water partition coefficient (Wildman–Crippen LogP) is 5.33. The fourth-order valence-electron chi connectivity index (χ4n) is 2.69. The van der Waals surface area contributed by atoms with Crippen LogP contribution >= 0.6 is 11.8 Å². The van der Waals surface area contributed by atoms with Crippen LogP contribution in [-0.4, -0.2) is 25.9 Å². The summed E-state index contributed by atoms with van der Waals surface area (Å²) in [5, 5.41) is 11.0. The molecule has 1 aromatic carbocycles. The number of anilines is 1. The molecule has 2 aromatic heterocycles. The lowest BCUT2D eigenvalue weighted by atomic mass is 10.2. The Labute approximate surface area is 175 Å². The molecule has 0 aliphatic carbocycles. The number of amides is 1. The fraction of sp³-hybridized carbons (Fsp3) is 0.350. The number of aromatic nitrogens is 3. The van der Waals surface area contributed by atoms with Gasteiger partial charge in [0, 0.05) is 12.2 Å². The molecule has 10 heteroatoms. The highest BCUT2D eigenvalue weighted by Gasteiger charge is 2.30. The van der Waals surface area contributed by atoms with Crippen LogP contribution in [0.25, 0.3) is 11.6 Å². The van der Waals surface area contributed by atoms with Crippen LogP contribution in [0.4, 0.5) is 18.9 Å². The SMILES string of the molecule is CC(C)Cn1c(SC(C)C(=O)Nc2ccc(C(F)(F)F)cc2)nnc1-c1ccco1. The quantitative estimate of drug-likeness (QED) is 0.505. The van der Waals surface area contributed by atoms with Gasteiger partial charge in [0.1, 0.15) is 0 Å². The number of benzene rings is 1. The van der Waals surface area contributed by atoms with E-state index in [-0.39, 0.29) is 5.91 Å². The average molecular weight is 438 g/mol. The van der Waals surface area contributed by atoms with Crippen LogP contribution in [0, 0.1) is 5.92 Å². The molecule has 0 saturated heterocycles. The minimum atomic E-state index is -4.42. The Hall–Kier alpha value is -2.75. The van der Waals surface area contributed by atoms with Crippen molar-refractivity contribution < 1.29 is 22.4 Å². The van der Waals surface area contributed by atoms with E-state index in [0.717, 1.165) is 12.1 Å². The smallest absolute Gasteiger partial charge is 0.416 e. The van der Waals surface area contributed by atoms with Gasteiger partial charge in [0.2, 0.25) is 5.91 Å². The predicted molar refractivity (Wildman–Crippen MR) is 108 cm³/mol. The van der Waals surface area contributed by atoms with Crippen LogP contribution in [0.1, 0.15) is 26.3 Å². The molecular formula is C20H21F3N4O2S. The van der Waals surface area contributed by atoms with E-state index in [1.807, 2.05) is 4.57 Å². The molecular weight excluding hydrogens is 417 g/mol. The van der Waals surface area contributed by atoms with Crippen molar-refractivity contribution in [3.8, 4) is 11.6 Å². The van der Waals surface area contributed by atoms with Crippen LogP contribution in [0.2, 0.25) is 0 Å². The van der Waals surface area contributed by atoms with Crippen LogP contribution < -0.4 is 5.32 Å². The van der Waals surface area contributed by atoms with Gasteiger partial charge in [0.25, 0.3) is 0 Å². The number of furan rings is 1. The molecule has 1 amide bonds. The maximum Gasteiger partial charge on any atom is 0.416 e. The van der Waals surface area contributed by atoms with Crippen LogP contribution in [0.3, 0.4) is 0 Å². The van der Waals surface area contributed by atoms with Crippen molar-refractivity contribution in [3.63, 3.8) is 0 Å². The molecule has 1 atom stereocenters. The zero-order chi connectivity index (χ0) is 21.9. The molecule has 0 spiro atoms. The summed E-state index contributed by atoms with van der Waals surface area (Å²) in [6.07, 6.45) is -2.87.